The van der Waals surface area contributed by atoms with Gasteiger partial charge in [-0.2, -0.15) is 0 Å². The number of carbonyl (C=O) groups is 2. The topological polar surface area (TPSA) is 176 Å². The minimum absolute atomic E-state index is 0.00528. The summed E-state index contributed by atoms with van der Waals surface area (Å²) >= 11 is 0. The van der Waals surface area contributed by atoms with Crippen LogP contribution in [0, 0.1) is 18.8 Å². The van der Waals surface area contributed by atoms with Gasteiger partial charge in [0.15, 0.2) is 9.84 Å². The van der Waals surface area contributed by atoms with Gasteiger partial charge in [0, 0.05) is 79.9 Å². The molecule has 0 unspecified atom stereocenters. The number of carbonyl (C=O) groups excluding carboxylic acids is 2. The maximum absolute atomic E-state index is 12.9. The number of methoxy groups -OCH3 is 1. The average Bonchev–Trinajstić information content (AvgIpc) is 4.17. The summed E-state index contributed by atoms with van der Waals surface area (Å²) in [4.78, 5) is 47.5. The van der Waals surface area contributed by atoms with E-state index in [2.05, 4.69) is 36.2 Å². The number of aromatic nitrogens is 6. The first kappa shape index (κ1) is 44.6. The molecule has 67 heavy (non-hydrogen) atoms. The van der Waals surface area contributed by atoms with E-state index < -0.39 is 9.84 Å². The van der Waals surface area contributed by atoms with Gasteiger partial charge >= 0.3 is 0 Å². The highest BCUT2D eigenvalue weighted by Gasteiger charge is 2.38. The van der Waals surface area contributed by atoms with Gasteiger partial charge in [0.1, 0.15) is 29.0 Å². The van der Waals surface area contributed by atoms with E-state index in [0.29, 0.717) is 62.9 Å². The Morgan fingerprint density at radius 3 is 1.93 bits per heavy atom. The number of pyridine rings is 2. The van der Waals surface area contributed by atoms with Crippen LogP contribution in [0.5, 0.6) is 17.5 Å². The van der Waals surface area contributed by atoms with E-state index in [-0.39, 0.29) is 53.4 Å². The second-order valence-corrected chi connectivity index (χ2v) is 21.2. The van der Waals surface area contributed by atoms with Crippen LogP contribution in [0.4, 0.5) is 5.69 Å². The number of imidazole rings is 2. The van der Waals surface area contributed by atoms with Gasteiger partial charge in [0.2, 0.25) is 23.6 Å². The molecule has 1 N–H and O–H groups in total. The minimum atomic E-state index is -2.92. The van der Waals surface area contributed by atoms with Crippen LogP contribution in [-0.4, -0.2) is 111 Å². The summed E-state index contributed by atoms with van der Waals surface area (Å²) < 4.78 is 45.9. The van der Waals surface area contributed by atoms with Crippen molar-refractivity contribution in [2.75, 3.05) is 49.7 Å². The Labute approximate surface area is 391 Å². The first-order valence-corrected chi connectivity index (χ1v) is 25.4. The van der Waals surface area contributed by atoms with Gasteiger partial charge in [-0.25, -0.2) is 28.4 Å². The first-order chi connectivity index (χ1) is 32.3. The number of fused-ring (bicyclic) bond motifs is 2. The summed E-state index contributed by atoms with van der Waals surface area (Å²) in [7, 11) is -1.26. The fraction of sp³-hybridized carbons (Fsp3) is 0.480. The Morgan fingerprint density at radius 2 is 1.34 bits per heavy atom. The lowest BCUT2D eigenvalue weighted by Gasteiger charge is -2.28. The molecule has 11 rings (SSSR count). The Kier molecular flexibility index (Phi) is 12.1. The zero-order valence-corrected chi connectivity index (χ0v) is 39.6. The molecule has 2 amide bonds. The third kappa shape index (κ3) is 9.52. The van der Waals surface area contributed by atoms with Crippen molar-refractivity contribution in [3.05, 3.63) is 84.6 Å². The lowest BCUT2D eigenvalue weighted by molar-refractivity contribution is -0.129. The van der Waals surface area contributed by atoms with E-state index in [9.17, 15) is 18.0 Å². The molecular formula is C50H59N9O7S. The number of nitrogens with zero attached hydrogens (tertiary/aromatic N) is 8. The van der Waals surface area contributed by atoms with E-state index in [1.165, 1.54) is 12.8 Å². The molecule has 2 saturated carbocycles. The van der Waals surface area contributed by atoms with Crippen LogP contribution in [0.1, 0.15) is 88.7 Å². The summed E-state index contributed by atoms with van der Waals surface area (Å²) in [6.45, 7) is 10.4. The number of hydrogen-bond donors (Lipinski definition) is 1. The van der Waals surface area contributed by atoms with E-state index in [1.54, 1.807) is 7.11 Å². The maximum atomic E-state index is 12.9. The standard InChI is InChI=1S/C25H29N5O4S.C25H30N4O3/c1-16(18-12-23(31)26-14-18)34-25-24-22(27-15-30(24)20-6-7-20)13-21(28-25)17-2-4-19(5-3-17)29-8-10-35(32,33)11-9-29;1-15-11-22-24(29(14-26-22)20-7-8-20)25(27-15)32-17(3)19-12-23(30)28(13-19)16(2)18-5-9-21(31-4)10-6-18/h2-5,13,15-16,18,20H,6-12,14H2,1H3,(H,26,31);5-6,9-11,14,16-17,19-20H,7-8,12-13H2,1-4H3/t16-,18-;16-,17-,19-/m11/s1. The van der Waals surface area contributed by atoms with Gasteiger partial charge in [0.05, 0.1) is 54.0 Å². The van der Waals surface area contributed by atoms with Crippen molar-refractivity contribution < 1.29 is 32.2 Å². The number of amides is 2. The van der Waals surface area contributed by atoms with Crippen LogP contribution in [-0.2, 0) is 19.4 Å². The lowest BCUT2D eigenvalue weighted by atomic mass is 10.0. The molecule has 2 aliphatic carbocycles. The summed E-state index contributed by atoms with van der Waals surface area (Å²) in [5, 5.41) is 2.89. The molecule has 5 fully saturated rings. The third-order valence-electron chi connectivity index (χ3n) is 14.1. The van der Waals surface area contributed by atoms with E-state index in [4.69, 9.17) is 24.2 Å². The van der Waals surface area contributed by atoms with Crippen LogP contribution in [0.3, 0.4) is 0 Å². The van der Waals surface area contributed by atoms with Crippen molar-refractivity contribution in [2.45, 2.75) is 96.6 Å². The molecule has 7 heterocycles. The average molecular weight is 930 g/mol. The van der Waals surface area contributed by atoms with Gasteiger partial charge in [-0.3, -0.25) is 9.59 Å². The van der Waals surface area contributed by atoms with E-state index in [1.807, 2.05) is 99.0 Å². The largest absolute Gasteiger partial charge is 0.497 e. The zero-order chi connectivity index (χ0) is 46.6. The number of anilines is 1. The van der Waals surface area contributed by atoms with Crippen molar-refractivity contribution in [3.63, 3.8) is 0 Å². The summed E-state index contributed by atoms with van der Waals surface area (Å²) in [6, 6.07) is 20.9. The van der Waals surface area contributed by atoms with E-state index >= 15 is 0 Å². The molecule has 5 aliphatic rings. The number of benzene rings is 2. The number of ether oxygens (including phenoxy) is 3. The van der Waals surface area contributed by atoms with Crippen molar-refractivity contribution >= 4 is 49.4 Å². The molecule has 0 radical (unpaired) electrons. The Bertz CT molecular complexity index is 2900. The molecule has 6 aromatic rings. The quantitative estimate of drug-likeness (QED) is 0.125. The maximum Gasteiger partial charge on any atom is 0.241 e. The monoisotopic (exact) mass is 929 g/mol. The predicted molar refractivity (Wildman–Crippen MR) is 255 cm³/mol. The van der Waals surface area contributed by atoms with Gasteiger partial charge in [-0.1, -0.05) is 24.3 Å². The number of likely N-dealkylation sites (tertiary alicyclic amines) is 1. The molecule has 2 aromatic carbocycles. The van der Waals surface area contributed by atoms with Crippen molar-refractivity contribution in [1.29, 1.82) is 0 Å². The molecule has 0 spiro atoms. The number of nitrogens with one attached hydrogen (secondary N) is 1. The molecule has 5 atom stereocenters. The molecule has 3 saturated heterocycles. The normalized spacial score (nSPS) is 21.7. The highest BCUT2D eigenvalue weighted by Crippen LogP contribution is 2.42. The highest BCUT2D eigenvalue weighted by molar-refractivity contribution is 7.91. The van der Waals surface area contributed by atoms with Crippen LogP contribution in [0.15, 0.2) is 73.3 Å². The molecule has 17 heteroatoms. The van der Waals surface area contributed by atoms with Crippen molar-refractivity contribution in [1.82, 2.24) is 39.3 Å². The van der Waals surface area contributed by atoms with E-state index in [0.717, 1.165) is 68.9 Å². The number of rotatable bonds is 13. The Balaban J connectivity index is 0.000000157. The third-order valence-corrected chi connectivity index (χ3v) is 15.7. The predicted octanol–water partition coefficient (Wildman–Crippen LogP) is 7.03. The van der Waals surface area contributed by atoms with Crippen LogP contribution < -0.4 is 24.4 Å². The van der Waals surface area contributed by atoms with Gasteiger partial charge in [-0.05, 0) is 95.3 Å². The minimum Gasteiger partial charge on any atom is -0.497 e. The smallest absolute Gasteiger partial charge is 0.241 e. The van der Waals surface area contributed by atoms with Gasteiger partial charge in [0.25, 0.3) is 0 Å². The number of aryl methyl sites for hydroxylation is 1. The van der Waals surface area contributed by atoms with Crippen LogP contribution in [0.25, 0.3) is 33.3 Å². The van der Waals surface area contributed by atoms with Crippen molar-refractivity contribution in [3.8, 4) is 28.8 Å². The molecule has 3 aliphatic heterocycles. The SMILES string of the molecule is COc1ccc([C@@H](C)N2C[C@H]([C@@H](C)Oc3nc(C)cc4ncn(C5CC5)c34)CC2=O)cc1.C[C@@H](Oc1nc(-c2ccc(N3CCS(=O)(=O)CC3)cc2)cc2ncn(C3CC3)c12)[C@H]1CNC(=O)C1. The second kappa shape index (κ2) is 18.1. The van der Waals surface area contributed by atoms with Crippen LogP contribution >= 0.6 is 0 Å². The molecule has 16 nitrogen and oxygen atoms in total. The first-order valence-electron chi connectivity index (χ1n) is 23.6. The molecule has 352 valence electrons. The number of hydrogen-bond acceptors (Lipinski definition) is 12. The van der Waals surface area contributed by atoms with Gasteiger partial charge < -0.3 is 38.5 Å². The molecule has 4 aromatic heterocycles. The molecule has 0 bridgehead atoms. The Morgan fingerprint density at radius 1 is 0.746 bits per heavy atom. The summed E-state index contributed by atoms with van der Waals surface area (Å²) in [5.41, 5.74) is 8.35. The summed E-state index contributed by atoms with van der Waals surface area (Å²) in [6.07, 6.45) is 9.02. The second-order valence-electron chi connectivity index (χ2n) is 18.9. The van der Waals surface area contributed by atoms with Gasteiger partial charge in [-0.15, -0.1) is 0 Å². The van der Waals surface area contributed by atoms with Crippen LogP contribution in [0.2, 0.25) is 0 Å². The fourth-order valence-corrected chi connectivity index (χ4v) is 10.8. The summed E-state index contributed by atoms with van der Waals surface area (Å²) in [5.74, 6) is 2.83. The highest BCUT2D eigenvalue weighted by atomic mass is 32.2. The fourth-order valence-electron chi connectivity index (χ4n) is 9.57. The number of sulfone groups is 1. The lowest BCUT2D eigenvalue weighted by Crippen LogP contribution is -2.40. The zero-order valence-electron chi connectivity index (χ0n) is 38.8. The Hall–Kier alpha value is -6.23. The molecular weight excluding hydrogens is 871 g/mol. The van der Waals surface area contributed by atoms with Crippen molar-refractivity contribution in [2.24, 2.45) is 11.8 Å².